The molecular formula is C18H26N4O3. The van der Waals surface area contributed by atoms with Gasteiger partial charge in [0.05, 0.1) is 12.7 Å². The topological polar surface area (TPSA) is 75.6 Å². The van der Waals surface area contributed by atoms with Gasteiger partial charge in [0.2, 0.25) is 5.89 Å². The van der Waals surface area contributed by atoms with Gasteiger partial charge in [-0.2, -0.15) is 0 Å². The third kappa shape index (κ3) is 4.28. The van der Waals surface area contributed by atoms with Crippen molar-refractivity contribution in [2.24, 2.45) is 0 Å². The van der Waals surface area contributed by atoms with Crippen LogP contribution in [0.2, 0.25) is 0 Å². The highest BCUT2D eigenvalue weighted by Crippen LogP contribution is 2.23. The normalized spacial score (nSPS) is 16.9. The van der Waals surface area contributed by atoms with E-state index in [1.807, 2.05) is 11.1 Å². The van der Waals surface area contributed by atoms with Crippen LogP contribution in [0.3, 0.4) is 0 Å². The maximum absolute atomic E-state index is 12.5. The fourth-order valence-electron chi connectivity index (χ4n) is 2.88. The monoisotopic (exact) mass is 346 g/mol. The highest BCUT2D eigenvalue weighted by molar-refractivity contribution is 5.92. The molecule has 25 heavy (non-hydrogen) atoms. The maximum Gasteiger partial charge on any atom is 0.276 e. The Morgan fingerprint density at radius 1 is 1.24 bits per heavy atom. The number of carbonyl (C=O) groups excluding carboxylic acids is 1. The molecular weight excluding hydrogens is 320 g/mol. The van der Waals surface area contributed by atoms with Gasteiger partial charge in [-0.15, -0.1) is 0 Å². The van der Waals surface area contributed by atoms with Crippen LogP contribution in [0.15, 0.2) is 21.2 Å². The van der Waals surface area contributed by atoms with Crippen molar-refractivity contribution in [2.75, 3.05) is 26.2 Å². The Morgan fingerprint density at radius 3 is 2.68 bits per heavy atom. The Kier molecular flexibility index (Phi) is 4.94. The van der Waals surface area contributed by atoms with Crippen molar-refractivity contribution in [2.45, 2.75) is 46.1 Å². The highest BCUT2D eigenvalue weighted by atomic mass is 16.5. The van der Waals surface area contributed by atoms with Crippen LogP contribution >= 0.6 is 0 Å². The standard InChI is InChI=1S/C18H26N4O3/c1-13-10-14(20-25-13)17(23)22-7-5-6-21(8-9-22)12-16-19-11-15(24-16)18(2,3)4/h10-11H,5-9,12H2,1-4H3. The van der Waals surface area contributed by atoms with Gasteiger partial charge < -0.3 is 13.8 Å². The van der Waals surface area contributed by atoms with E-state index in [1.54, 1.807) is 13.0 Å². The molecule has 2 aromatic rings. The molecule has 3 heterocycles. The van der Waals surface area contributed by atoms with Crippen molar-refractivity contribution in [3.05, 3.63) is 35.4 Å². The Morgan fingerprint density at radius 2 is 2.04 bits per heavy atom. The van der Waals surface area contributed by atoms with Gasteiger partial charge in [-0.3, -0.25) is 9.69 Å². The number of aryl methyl sites for hydroxylation is 1. The lowest BCUT2D eigenvalue weighted by Crippen LogP contribution is -2.35. The third-order valence-electron chi connectivity index (χ3n) is 4.37. The van der Waals surface area contributed by atoms with Gasteiger partial charge in [-0.25, -0.2) is 4.98 Å². The number of hydrogen-bond acceptors (Lipinski definition) is 6. The van der Waals surface area contributed by atoms with E-state index in [1.165, 1.54) is 0 Å². The molecule has 136 valence electrons. The van der Waals surface area contributed by atoms with E-state index in [0.29, 0.717) is 24.5 Å². The summed E-state index contributed by atoms with van der Waals surface area (Å²) in [6, 6.07) is 1.69. The summed E-state index contributed by atoms with van der Waals surface area (Å²) in [5.41, 5.74) is 0.344. The number of hydrogen-bond donors (Lipinski definition) is 0. The second-order valence-electron chi connectivity index (χ2n) is 7.61. The molecule has 0 unspecified atom stereocenters. The summed E-state index contributed by atoms with van der Waals surface area (Å²) in [7, 11) is 0. The number of oxazole rings is 1. The van der Waals surface area contributed by atoms with E-state index in [-0.39, 0.29) is 11.3 Å². The van der Waals surface area contributed by atoms with Gasteiger partial charge >= 0.3 is 0 Å². The molecule has 7 nitrogen and oxygen atoms in total. The summed E-state index contributed by atoms with van der Waals surface area (Å²) in [5.74, 6) is 2.22. The second-order valence-corrected chi connectivity index (χ2v) is 7.61. The average Bonchev–Trinajstić information content (AvgIpc) is 3.12. The Labute approximate surface area is 148 Å². The zero-order valence-electron chi connectivity index (χ0n) is 15.4. The molecule has 7 heteroatoms. The SMILES string of the molecule is Cc1cc(C(=O)N2CCCN(Cc3ncc(C(C)(C)C)o3)CC2)no1. The van der Waals surface area contributed by atoms with Crippen LogP contribution in [0, 0.1) is 6.92 Å². The molecule has 1 amide bonds. The summed E-state index contributed by atoms with van der Waals surface area (Å²) in [5, 5.41) is 3.83. The molecule has 0 atom stereocenters. The molecule has 1 aliphatic rings. The molecule has 0 N–H and O–H groups in total. The summed E-state index contributed by atoms with van der Waals surface area (Å²) in [4.78, 5) is 21.0. The van der Waals surface area contributed by atoms with Crippen LogP contribution in [0.1, 0.15) is 55.1 Å². The second kappa shape index (κ2) is 7.00. The summed E-state index contributed by atoms with van der Waals surface area (Å²) >= 11 is 0. The van der Waals surface area contributed by atoms with Crippen molar-refractivity contribution in [3.63, 3.8) is 0 Å². The lowest BCUT2D eigenvalue weighted by molar-refractivity contribution is 0.0750. The van der Waals surface area contributed by atoms with Gasteiger partial charge in [-0.05, 0) is 13.3 Å². The largest absolute Gasteiger partial charge is 0.444 e. The lowest BCUT2D eigenvalue weighted by Gasteiger charge is -2.20. The summed E-state index contributed by atoms with van der Waals surface area (Å²) < 4.78 is 10.9. The van der Waals surface area contributed by atoms with Crippen molar-refractivity contribution in [1.29, 1.82) is 0 Å². The van der Waals surface area contributed by atoms with Crippen LogP contribution in [-0.2, 0) is 12.0 Å². The molecule has 0 spiro atoms. The quantitative estimate of drug-likeness (QED) is 0.850. The van der Waals surface area contributed by atoms with Gasteiger partial charge in [0.25, 0.3) is 5.91 Å². The van der Waals surface area contributed by atoms with Crippen LogP contribution in [-0.4, -0.2) is 52.0 Å². The van der Waals surface area contributed by atoms with Crippen molar-refractivity contribution < 1.29 is 13.7 Å². The van der Waals surface area contributed by atoms with Gasteiger partial charge in [0.1, 0.15) is 11.5 Å². The smallest absolute Gasteiger partial charge is 0.276 e. The number of rotatable bonds is 3. The Bertz CT molecular complexity index is 729. The fraction of sp³-hybridized carbons (Fsp3) is 0.611. The van der Waals surface area contributed by atoms with Crippen LogP contribution < -0.4 is 0 Å². The molecule has 0 saturated carbocycles. The van der Waals surface area contributed by atoms with E-state index < -0.39 is 0 Å². The molecule has 2 aromatic heterocycles. The first-order chi connectivity index (χ1) is 11.8. The minimum Gasteiger partial charge on any atom is -0.444 e. The van der Waals surface area contributed by atoms with Crippen molar-refractivity contribution in [1.82, 2.24) is 19.9 Å². The first-order valence-corrected chi connectivity index (χ1v) is 8.73. The van der Waals surface area contributed by atoms with E-state index in [4.69, 9.17) is 8.94 Å². The fourth-order valence-corrected chi connectivity index (χ4v) is 2.88. The lowest BCUT2D eigenvalue weighted by atomic mass is 9.94. The van der Waals surface area contributed by atoms with Gasteiger partial charge in [0.15, 0.2) is 5.69 Å². The number of carbonyl (C=O) groups is 1. The third-order valence-corrected chi connectivity index (χ3v) is 4.37. The zero-order chi connectivity index (χ0) is 18.0. The van der Waals surface area contributed by atoms with Gasteiger partial charge in [0, 0.05) is 37.7 Å². The van der Waals surface area contributed by atoms with Crippen LogP contribution in [0.4, 0.5) is 0 Å². The number of nitrogens with zero attached hydrogens (tertiary/aromatic N) is 4. The van der Waals surface area contributed by atoms with Gasteiger partial charge in [-0.1, -0.05) is 25.9 Å². The van der Waals surface area contributed by atoms with Crippen LogP contribution in [0.5, 0.6) is 0 Å². The minimum atomic E-state index is -0.0650. The highest BCUT2D eigenvalue weighted by Gasteiger charge is 2.24. The summed E-state index contributed by atoms with van der Waals surface area (Å²) in [6.07, 6.45) is 2.73. The predicted molar refractivity (Wildman–Crippen MR) is 92.2 cm³/mol. The molecule has 0 aliphatic carbocycles. The molecule has 0 bridgehead atoms. The van der Waals surface area contributed by atoms with E-state index in [9.17, 15) is 4.79 Å². The Balaban J connectivity index is 1.58. The number of amides is 1. The molecule has 1 aliphatic heterocycles. The van der Waals surface area contributed by atoms with E-state index in [2.05, 4.69) is 35.8 Å². The van der Waals surface area contributed by atoms with Crippen LogP contribution in [0.25, 0.3) is 0 Å². The first kappa shape index (κ1) is 17.7. The first-order valence-electron chi connectivity index (χ1n) is 8.73. The number of aromatic nitrogens is 2. The average molecular weight is 346 g/mol. The predicted octanol–water partition coefficient (Wildman–Crippen LogP) is 2.62. The van der Waals surface area contributed by atoms with Crippen molar-refractivity contribution >= 4 is 5.91 Å². The maximum atomic E-state index is 12.5. The van der Waals surface area contributed by atoms with E-state index in [0.717, 1.165) is 37.7 Å². The molecule has 1 saturated heterocycles. The van der Waals surface area contributed by atoms with E-state index >= 15 is 0 Å². The zero-order valence-corrected chi connectivity index (χ0v) is 15.4. The summed E-state index contributed by atoms with van der Waals surface area (Å²) in [6.45, 7) is 11.9. The van der Waals surface area contributed by atoms with Crippen molar-refractivity contribution in [3.8, 4) is 0 Å². The Hall–Kier alpha value is -2.15. The molecule has 1 fully saturated rings. The molecule has 3 rings (SSSR count). The minimum absolute atomic E-state index is 0.0387. The molecule has 0 aromatic carbocycles. The molecule has 0 radical (unpaired) electrons.